The molecule has 0 aliphatic heterocycles. The average Bonchev–Trinajstić information content (AvgIpc) is 2.38. The Kier molecular flexibility index (Phi) is 5.95. The molecule has 0 atom stereocenters. The molecule has 2 N–H and O–H groups in total. The summed E-state index contributed by atoms with van der Waals surface area (Å²) in [5.41, 5.74) is 2.85. The van der Waals surface area contributed by atoms with Crippen LogP contribution in [-0.2, 0) is 9.59 Å². The maximum Gasteiger partial charge on any atom is 0.239 e. The Morgan fingerprint density at radius 2 is 2.11 bits per heavy atom. The number of carbonyl (C=O) groups is 2. The van der Waals surface area contributed by atoms with Gasteiger partial charge in [-0.1, -0.05) is 18.5 Å². The Labute approximate surface area is 116 Å². The lowest BCUT2D eigenvalue weighted by atomic mass is 10.3. The van der Waals surface area contributed by atoms with Crippen LogP contribution in [0, 0.1) is 0 Å². The van der Waals surface area contributed by atoms with Crippen LogP contribution in [0.25, 0.3) is 0 Å². The Hall–Kier alpha value is -1.95. The third-order valence-electron chi connectivity index (χ3n) is 2.10. The molecule has 1 heterocycles. The van der Waals surface area contributed by atoms with Gasteiger partial charge in [0.1, 0.15) is 5.82 Å². The Morgan fingerprint density at radius 1 is 1.37 bits per heavy atom. The smallest absolute Gasteiger partial charge is 0.239 e. The van der Waals surface area contributed by atoms with Crippen molar-refractivity contribution in [3.05, 3.63) is 23.4 Å². The van der Waals surface area contributed by atoms with Gasteiger partial charge in [0.05, 0.1) is 11.4 Å². The van der Waals surface area contributed by atoms with Crippen LogP contribution in [0.3, 0.4) is 0 Å². The highest BCUT2D eigenvalue weighted by Gasteiger charge is 2.05. The van der Waals surface area contributed by atoms with E-state index in [0.29, 0.717) is 23.0 Å². The SMILES string of the molecule is CCC(=O)N/N=C(/C)CC(=O)Nc1ccc(Cl)cn1. The molecule has 19 heavy (non-hydrogen) atoms. The monoisotopic (exact) mass is 282 g/mol. The van der Waals surface area contributed by atoms with Gasteiger partial charge in [-0.2, -0.15) is 5.10 Å². The summed E-state index contributed by atoms with van der Waals surface area (Å²) in [5, 5.41) is 6.90. The second kappa shape index (κ2) is 7.48. The summed E-state index contributed by atoms with van der Waals surface area (Å²) in [6.07, 6.45) is 1.87. The molecule has 0 saturated heterocycles. The minimum absolute atomic E-state index is 0.0777. The molecular formula is C12H15ClN4O2. The average molecular weight is 283 g/mol. The quantitative estimate of drug-likeness (QED) is 0.640. The molecule has 0 aliphatic rings. The first-order chi connectivity index (χ1) is 9.01. The third-order valence-corrected chi connectivity index (χ3v) is 2.33. The summed E-state index contributed by atoms with van der Waals surface area (Å²) in [6, 6.07) is 3.23. The molecule has 6 nitrogen and oxygen atoms in total. The van der Waals surface area contributed by atoms with E-state index >= 15 is 0 Å². The molecule has 0 aliphatic carbocycles. The predicted molar refractivity (Wildman–Crippen MR) is 74.0 cm³/mol. The fraction of sp³-hybridized carbons (Fsp3) is 0.333. The van der Waals surface area contributed by atoms with Gasteiger partial charge in [-0.25, -0.2) is 10.4 Å². The van der Waals surface area contributed by atoms with E-state index in [1.54, 1.807) is 26.0 Å². The number of hydrazone groups is 1. The summed E-state index contributed by atoms with van der Waals surface area (Å²) >= 11 is 5.68. The minimum atomic E-state index is -0.262. The number of rotatable bonds is 5. The summed E-state index contributed by atoms with van der Waals surface area (Å²) in [7, 11) is 0. The summed E-state index contributed by atoms with van der Waals surface area (Å²) in [4.78, 5) is 26.6. The van der Waals surface area contributed by atoms with E-state index < -0.39 is 0 Å². The topological polar surface area (TPSA) is 83.5 Å². The van der Waals surface area contributed by atoms with Crippen LogP contribution >= 0.6 is 11.6 Å². The van der Waals surface area contributed by atoms with Crippen LogP contribution < -0.4 is 10.7 Å². The summed E-state index contributed by atoms with van der Waals surface area (Å²) in [6.45, 7) is 3.38. The van der Waals surface area contributed by atoms with Crippen molar-refractivity contribution in [2.45, 2.75) is 26.7 Å². The fourth-order valence-electron chi connectivity index (χ4n) is 1.15. The number of pyridine rings is 1. The van der Waals surface area contributed by atoms with Crippen molar-refractivity contribution >= 4 is 34.9 Å². The first-order valence-electron chi connectivity index (χ1n) is 5.74. The van der Waals surface area contributed by atoms with Gasteiger partial charge in [-0.15, -0.1) is 0 Å². The Balaban J connectivity index is 2.46. The van der Waals surface area contributed by atoms with E-state index in [1.165, 1.54) is 6.20 Å². The van der Waals surface area contributed by atoms with E-state index in [9.17, 15) is 9.59 Å². The van der Waals surface area contributed by atoms with E-state index in [2.05, 4.69) is 20.8 Å². The molecule has 0 aromatic carbocycles. The van der Waals surface area contributed by atoms with E-state index in [4.69, 9.17) is 11.6 Å². The largest absolute Gasteiger partial charge is 0.310 e. The lowest BCUT2D eigenvalue weighted by molar-refractivity contribution is -0.121. The molecule has 7 heteroatoms. The predicted octanol–water partition coefficient (Wildman–Crippen LogP) is 1.97. The van der Waals surface area contributed by atoms with Gasteiger partial charge in [-0.3, -0.25) is 9.59 Å². The zero-order valence-corrected chi connectivity index (χ0v) is 11.5. The number of carbonyl (C=O) groups excluding carboxylic acids is 2. The van der Waals surface area contributed by atoms with Crippen molar-refractivity contribution in [3.63, 3.8) is 0 Å². The van der Waals surface area contributed by atoms with Gasteiger partial charge in [0, 0.05) is 18.3 Å². The zero-order chi connectivity index (χ0) is 14.3. The molecule has 102 valence electrons. The maximum absolute atomic E-state index is 11.6. The van der Waals surface area contributed by atoms with Crippen molar-refractivity contribution in [1.82, 2.24) is 10.4 Å². The van der Waals surface area contributed by atoms with Crippen molar-refractivity contribution in [2.75, 3.05) is 5.32 Å². The molecule has 0 saturated carbocycles. The highest BCUT2D eigenvalue weighted by Crippen LogP contribution is 2.09. The first-order valence-corrected chi connectivity index (χ1v) is 6.12. The maximum atomic E-state index is 11.6. The van der Waals surface area contributed by atoms with Crippen LogP contribution in [-0.4, -0.2) is 22.5 Å². The van der Waals surface area contributed by atoms with Crippen LogP contribution in [0.5, 0.6) is 0 Å². The molecule has 1 rings (SSSR count). The van der Waals surface area contributed by atoms with Gasteiger partial charge < -0.3 is 5.32 Å². The minimum Gasteiger partial charge on any atom is -0.310 e. The van der Waals surface area contributed by atoms with Gasteiger partial charge in [0.2, 0.25) is 11.8 Å². The number of nitrogens with zero attached hydrogens (tertiary/aromatic N) is 2. The van der Waals surface area contributed by atoms with Gasteiger partial charge in [0.15, 0.2) is 0 Å². The number of nitrogens with one attached hydrogen (secondary N) is 2. The van der Waals surface area contributed by atoms with Crippen molar-refractivity contribution in [3.8, 4) is 0 Å². The number of hydrogen-bond acceptors (Lipinski definition) is 4. The van der Waals surface area contributed by atoms with Crippen molar-refractivity contribution in [2.24, 2.45) is 5.10 Å². The molecular weight excluding hydrogens is 268 g/mol. The van der Waals surface area contributed by atoms with Gasteiger partial charge >= 0.3 is 0 Å². The highest BCUT2D eigenvalue weighted by molar-refractivity contribution is 6.30. The number of halogens is 1. The Bertz CT molecular complexity index is 485. The summed E-state index contributed by atoms with van der Waals surface area (Å²) in [5.74, 6) is -0.0410. The number of hydrogen-bond donors (Lipinski definition) is 2. The van der Waals surface area contributed by atoms with Crippen LogP contribution in [0.4, 0.5) is 5.82 Å². The number of amides is 2. The van der Waals surface area contributed by atoms with Crippen molar-refractivity contribution in [1.29, 1.82) is 0 Å². The third kappa shape index (κ3) is 5.96. The molecule has 0 spiro atoms. The molecule has 1 aromatic heterocycles. The molecule has 0 bridgehead atoms. The number of anilines is 1. The molecule has 1 aromatic rings. The van der Waals surface area contributed by atoms with Gasteiger partial charge in [0.25, 0.3) is 0 Å². The second-order valence-corrected chi connectivity index (χ2v) is 4.26. The molecule has 0 radical (unpaired) electrons. The molecule has 0 unspecified atom stereocenters. The van der Waals surface area contributed by atoms with Crippen LogP contribution in [0.2, 0.25) is 5.02 Å². The molecule has 0 fully saturated rings. The normalized spacial score (nSPS) is 11.0. The molecule has 2 amide bonds. The first kappa shape index (κ1) is 15.1. The van der Waals surface area contributed by atoms with E-state index in [1.807, 2.05) is 0 Å². The summed E-state index contributed by atoms with van der Waals surface area (Å²) < 4.78 is 0. The highest BCUT2D eigenvalue weighted by atomic mass is 35.5. The van der Waals surface area contributed by atoms with E-state index in [-0.39, 0.29) is 18.2 Å². The lowest BCUT2D eigenvalue weighted by Gasteiger charge is -2.04. The van der Waals surface area contributed by atoms with Crippen LogP contribution in [0.15, 0.2) is 23.4 Å². The van der Waals surface area contributed by atoms with Crippen molar-refractivity contribution < 1.29 is 9.59 Å². The fourth-order valence-corrected chi connectivity index (χ4v) is 1.26. The van der Waals surface area contributed by atoms with Crippen LogP contribution in [0.1, 0.15) is 26.7 Å². The lowest BCUT2D eigenvalue weighted by Crippen LogP contribution is -2.20. The zero-order valence-electron chi connectivity index (χ0n) is 10.7. The number of aromatic nitrogens is 1. The Morgan fingerprint density at radius 3 is 2.68 bits per heavy atom. The standard InChI is InChI=1S/C12H15ClN4O2/c1-3-11(18)17-16-8(2)6-12(19)15-10-5-4-9(13)7-14-10/h4-5,7H,3,6H2,1-2H3,(H,17,18)(H,14,15,19)/b16-8-. The van der Waals surface area contributed by atoms with E-state index in [0.717, 1.165) is 0 Å². The second-order valence-electron chi connectivity index (χ2n) is 3.82. The van der Waals surface area contributed by atoms with Gasteiger partial charge in [-0.05, 0) is 19.1 Å².